The molecule has 134 valence electrons. The second kappa shape index (κ2) is 7.83. The van der Waals surface area contributed by atoms with Crippen molar-refractivity contribution in [2.45, 2.75) is 50.4 Å². The van der Waals surface area contributed by atoms with Crippen LogP contribution < -0.4 is 0 Å². The monoisotopic (exact) mass is 350 g/mol. The van der Waals surface area contributed by atoms with Gasteiger partial charge in [0.1, 0.15) is 0 Å². The number of hydrogen-bond donors (Lipinski definition) is 0. The molecule has 0 bridgehead atoms. The molecule has 1 atom stereocenters. The van der Waals surface area contributed by atoms with Crippen molar-refractivity contribution in [3.05, 3.63) is 22.4 Å². The van der Waals surface area contributed by atoms with Crippen molar-refractivity contribution in [3.8, 4) is 0 Å². The first-order valence-corrected chi connectivity index (χ1v) is 10.5. The summed E-state index contributed by atoms with van der Waals surface area (Å²) in [4.78, 5) is 5.09. The molecule has 1 unspecified atom stereocenters. The van der Waals surface area contributed by atoms with E-state index < -0.39 is 0 Å². The molecule has 3 aliphatic rings. The van der Waals surface area contributed by atoms with Gasteiger partial charge in [0.2, 0.25) is 0 Å². The molecule has 1 spiro atoms. The van der Waals surface area contributed by atoms with Crippen LogP contribution in [0.1, 0.15) is 37.7 Å². The van der Waals surface area contributed by atoms with Crippen LogP contribution in [0.25, 0.3) is 0 Å². The van der Waals surface area contributed by atoms with Crippen molar-refractivity contribution >= 4 is 11.3 Å². The largest absolute Gasteiger partial charge is 0.374 e. The molecule has 0 amide bonds. The van der Waals surface area contributed by atoms with Crippen LogP contribution in [0.5, 0.6) is 0 Å². The minimum Gasteiger partial charge on any atom is -0.374 e. The second-order valence-electron chi connectivity index (χ2n) is 7.65. The van der Waals surface area contributed by atoms with Crippen molar-refractivity contribution in [1.82, 2.24) is 9.80 Å². The highest BCUT2D eigenvalue weighted by Gasteiger charge is 2.43. The highest BCUT2D eigenvalue weighted by Crippen LogP contribution is 2.37. The van der Waals surface area contributed by atoms with Crippen molar-refractivity contribution in [3.63, 3.8) is 0 Å². The Balaban J connectivity index is 1.17. The predicted octanol–water partition coefficient (Wildman–Crippen LogP) is 2.98. The van der Waals surface area contributed by atoms with Gasteiger partial charge in [-0.25, -0.2) is 0 Å². The van der Waals surface area contributed by atoms with Crippen LogP contribution in [0.3, 0.4) is 0 Å². The molecule has 0 aromatic carbocycles. The van der Waals surface area contributed by atoms with E-state index in [2.05, 4.69) is 26.6 Å². The van der Waals surface area contributed by atoms with Crippen LogP contribution >= 0.6 is 11.3 Å². The van der Waals surface area contributed by atoms with Crippen LogP contribution in [-0.2, 0) is 16.0 Å². The Hall–Kier alpha value is -0.460. The summed E-state index contributed by atoms with van der Waals surface area (Å²) in [5, 5.41) is 4.44. The number of hydrogen-bond acceptors (Lipinski definition) is 5. The lowest BCUT2D eigenvalue weighted by Gasteiger charge is -2.38. The molecule has 4 heterocycles. The van der Waals surface area contributed by atoms with Crippen LogP contribution in [0.15, 0.2) is 16.8 Å². The summed E-state index contributed by atoms with van der Waals surface area (Å²) in [6.07, 6.45) is 6.44. The second-order valence-corrected chi connectivity index (χ2v) is 8.43. The number of piperidine rings is 1. The van der Waals surface area contributed by atoms with Crippen molar-refractivity contribution in [1.29, 1.82) is 0 Å². The van der Waals surface area contributed by atoms with Gasteiger partial charge in [0.15, 0.2) is 0 Å². The van der Waals surface area contributed by atoms with E-state index in [4.69, 9.17) is 9.47 Å². The summed E-state index contributed by atoms with van der Waals surface area (Å²) < 4.78 is 12.4. The van der Waals surface area contributed by atoms with Gasteiger partial charge < -0.3 is 14.4 Å². The molecule has 0 saturated carbocycles. The smallest absolute Gasteiger partial charge is 0.0836 e. The van der Waals surface area contributed by atoms with Gasteiger partial charge in [-0.3, -0.25) is 4.90 Å². The maximum absolute atomic E-state index is 6.24. The quantitative estimate of drug-likeness (QED) is 0.787. The Labute approximate surface area is 149 Å². The fourth-order valence-corrected chi connectivity index (χ4v) is 5.03. The fourth-order valence-electron chi connectivity index (χ4n) is 4.37. The molecule has 1 aromatic rings. The summed E-state index contributed by atoms with van der Waals surface area (Å²) in [6, 6.07) is 2.24. The summed E-state index contributed by atoms with van der Waals surface area (Å²) in [7, 11) is 0. The average molecular weight is 351 g/mol. The average Bonchev–Trinajstić information content (AvgIpc) is 3.34. The third-order valence-electron chi connectivity index (χ3n) is 5.89. The number of ether oxygens (including phenoxy) is 2. The molecular weight excluding hydrogens is 320 g/mol. The van der Waals surface area contributed by atoms with Crippen LogP contribution in [0.4, 0.5) is 0 Å². The molecule has 0 radical (unpaired) electrons. The summed E-state index contributed by atoms with van der Waals surface area (Å²) in [6.45, 7) is 8.67. The first-order valence-electron chi connectivity index (χ1n) is 9.53. The maximum Gasteiger partial charge on any atom is 0.0836 e. The van der Waals surface area contributed by atoms with E-state index in [1.165, 1.54) is 31.5 Å². The van der Waals surface area contributed by atoms with Gasteiger partial charge in [0, 0.05) is 32.6 Å². The Morgan fingerprint density at radius 2 is 2.00 bits per heavy atom. The van der Waals surface area contributed by atoms with E-state index in [-0.39, 0.29) is 5.60 Å². The topological polar surface area (TPSA) is 24.9 Å². The van der Waals surface area contributed by atoms with Gasteiger partial charge in [-0.2, -0.15) is 11.3 Å². The lowest BCUT2D eigenvalue weighted by atomic mass is 9.88. The molecule has 4 rings (SSSR count). The number of likely N-dealkylation sites (tertiary alicyclic amines) is 2. The van der Waals surface area contributed by atoms with E-state index in [0.717, 1.165) is 58.7 Å². The molecule has 3 saturated heterocycles. The lowest BCUT2D eigenvalue weighted by Crippen LogP contribution is -2.43. The zero-order valence-electron chi connectivity index (χ0n) is 14.6. The van der Waals surface area contributed by atoms with E-state index in [0.29, 0.717) is 6.10 Å². The predicted molar refractivity (Wildman–Crippen MR) is 97.5 cm³/mol. The molecule has 5 heteroatoms. The molecular formula is C19H30N2O2S. The SMILES string of the molecule is c1cc(CN2CCC3(CC2)CC(OCCN2CCCC2)CO3)cs1. The molecule has 4 nitrogen and oxygen atoms in total. The Morgan fingerprint density at radius 3 is 2.75 bits per heavy atom. The van der Waals surface area contributed by atoms with Crippen LogP contribution in [0, 0.1) is 0 Å². The van der Waals surface area contributed by atoms with E-state index in [1.807, 2.05) is 0 Å². The third kappa shape index (κ3) is 4.20. The van der Waals surface area contributed by atoms with Gasteiger partial charge in [-0.1, -0.05) is 0 Å². The first kappa shape index (κ1) is 17.0. The highest BCUT2D eigenvalue weighted by molar-refractivity contribution is 7.07. The van der Waals surface area contributed by atoms with Crippen LogP contribution in [-0.4, -0.2) is 67.4 Å². The Morgan fingerprint density at radius 1 is 1.17 bits per heavy atom. The minimum absolute atomic E-state index is 0.101. The Kier molecular flexibility index (Phi) is 5.54. The first-order chi connectivity index (χ1) is 11.8. The standard InChI is InChI=1S/C19H30N2O2S/c1-2-7-20(6-1)10-11-22-18-13-19(23-15-18)4-8-21(9-5-19)14-17-3-12-24-16-17/h3,12,16,18H,1-2,4-11,13-15H2. The van der Waals surface area contributed by atoms with E-state index in [9.17, 15) is 0 Å². The van der Waals surface area contributed by atoms with E-state index >= 15 is 0 Å². The van der Waals surface area contributed by atoms with Crippen LogP contribution in [0.2, 0.25) is 0 Å². The molecule has 0 N–H and O–H groups in total. The van der Waals surface area contributed by atoms with Crippen molar-refractivity contribution < 1.29 is 9.47 Å². The molecule has 24 heavy (non-hydrogen) atoms. The van der Waals surface area contributed by atoms with Crippen molar-refractivity contribution in [2.24, 2.45) is 0 Å². The maximum atomic E-state index is 6.24. The van der Waals surface area contributed by atoms with Gasteiger partial charge in [0.25, 0.3) is 0 Å². The fraction of sp³-hybridized carbons (Fsp3) is 0.789. The minimum atomic E-state index is 0.101. The highest BCUT2D eigenvalue weighted by atomic mass is 32.1. The number of thiophene rings is 1. The summed E-state index contributed by atoms with van der Waals surface area (Å²) in [5.74, 6) is 0. The van der Waals surface area contributed by atoms with Gasteiger partial charge in [-0.15, -0.1) is 0 Å². The van der Waals surface area contributed by atoms with Gasteiger partial charge >= 0.3 is 0 Å². The summed E-state index contributed by atoms with van der Waals surface area (Å²) in [5.41, 5.74) is 1.55. The number of rotatable bonds is 6. The molecule has 1 aromatic heterocycles. The van der Waals surface area contributed by atoms with Crippen molar-refractivity contribution in [2.75, 3.05) is 45.9 Å². The zero-order chi connectivity index (χ0) is 16.2. The molecule has 0 aliphatic carbocycles. The van der Waals surface area contributed by atoms with E-state index in [1.54, 1.807) is 11.3 Å². The van der Waals surface area contributed by atoms with Gasteiger partial charge in [0.05, 0.1) is 24.9 Å². The lowest BCUT2D eigenvalue weighted by molar-refractivity contribution is -0.0466. The molecule has 3 aliphatic heterocycles. The summed E-state index contributed by atoms with van der Waals surface area (Å²) >= 11 is 1.79. The zero-order valence-corrected chi connectivity index (χ0v) is 15.4. The Bertz CT molecular complexity index is 493. The normalized spacial score (nSPS) is 28.1. The number of nitrogens with zero attached hydrogens (tertiary/aromatic N) is 2. The van der Waals surface area contributed by atoms with Gasteiger partial charge in [-0.05, 0) is 61.2 Å². The molecule has 3 fully saturated rings. The third-order valence-corrected chi connectivity index (χ3v) is 6.62.